The molecule has 5 aromatic rings. The normalized spacial score (nSPS) is 11.6. The van der Waals surface area contributed by atoms with Crippen molar-refractivity contribution < 1.29 is 18.9 Å². The van der Waals surface area contributed by atoms with E-state index in [9.17, 15) is 19.7 Å². The molecule has 5 rings (SSSR count). The van der Waals surface area contributed by atoms with Crippen molar-refractivity contribution in [3.05, 3.63) is 113 Å². The van der Waals surface area contributed by atoms with E-state index in [1.807, 2.05) is 61.5 Å². The highest BCUT2D eigenvalue weighted by Crippen LogP contribution is 2.30. The first-order chi connectivity index (χ1) is 19.4. The molecule has 0 saturated heterocycles. The van der Waals surface area contributed by atoms with E-state index < -0.39 is 4.92 Å². The summed E-state index contributed by atoms with van der Waals surface area (Å²) >= 11 is 1.40. The van der Waals surface area contributed by atoms with Crippen LogP contribution in [-0.4, -0.2) is 27.0 Å². The van der Waals surface area contributed by atoms with Gasteiger partial charge in [-0.1, -0.05) is 25.1 Å². The molecule has 0 fully saturated rings. The number of para-hydroxylation sites is 2. The number of fused-ring (bicyclic) bond motifs is 1. The van der Waals surface area contributed by atoms with Gasteiger partial charge in [-0.15, -0.1) is 11.8 Å². The maximum atomic E-state index is 13.1. The molecule has 200 valence electrons. The Bertz CT molecular complexity index is 1650. The Morgan fingerprint density at radius 2 is 1.68 bits per heavy atom. The van der Waals surface area contributed by atoms with Gasteiger partial charge in [-0.2, -0.15) is 0 Å². The number of nitrogens with zero attached hydrogens (tertiary/aromatic N) is 2. The van der Waals surface area contributed by atoms with Crippen LogP contribution in [0.5, 0.6) is 0 Å². The van der Waals surface area contributed by atoms with Crippen LogP contribution in [0.4, 0.5) is 17.1 Å². The second kappa shape index (κ2) is 11.8. The van der Waals surface area contributed by atoms with Crippen molar-refractivity contribution in [1.29, 1.82) is 0 Å². The van der Waals surface area contributed by atoms with Crippen molar-refractivity contribution in [3.8, 4) is 11.5 Å². The zero-order chi connectivity index (χ0) is 28.1. The van der Waals surface area contributed by atoms with Gasteiger partial charge in [-0.25, -0.2) is 4.98 Å². The van der Waals surface area contributed by atoms with Gasteiger partial charge in [0.15, 0.2) is 5.58 Å². The molecule has 2 N–H and O–H groups in total. The first-order valence-electron chi connectivity index (χ1n) is 12.5. The molecular weight excluding hydrogens is 528 g/mol. The third-order valence-corrected chi connectivity index (χ3v) is 7.43. The van der Waals surface area contributed by atoms with Gasteiger partial charge in [0.25, 0.3) is 11.6 Å². The van der Waals surface area contributed by atoms with Crippen LogP contribution in [0.1, 0.15) is 23.7 Å². The first-order valence-corrected chi connectivity index (χ1v) is 13.4. The lowest BCUT2D eigenvalue weighted by Crippen LogP contribution is -2.24. The molecule has 2 amide bonds. The average molecular weight is 553 g/mol. The van der Waals surface area contributed by atoms with Gasteiger partial charge in [0.2, 0.25) is 11.8 Å². The summed E-state index contributed by atoms with van der Waals surface area (Å²) in [6.07, 6.45) is 0.594. The fourth-order valence-electron chi connectivity index (χ4n) is 3.99. The third-order valence-electron chi connectivity index (χ3n) is 6.07. The summed E-state index contributed by atoms with van der Waals surface area (Å²) < 4.78 is 5.82. The standard InChI is InChI=1S/C30H24N4O5S/c1-2-27(29(36)31-21-14-10-20(11-15-21)30-33-25-8-3-4-9-26(25)39-30)40-24-7-5-6-22(18-24)32-28(35)19-12-16-23(17-13-19)34(37)38/h3-18,27H,2H2,1H3,(H,31,36)(H,32,35). The minimum atomic E-state index is -0.516. The van der Waals surface area contributed by atoms with Crippen LogP contribution in [0.2, 0.25) is 0 Å². The average Bonchev–Trinajstić information content (AvgIpc) is 3.41. The second-order valence-electron chi connectivity index (χ2n) is 8.85. The molecule has 9 nitrogen and oxygen atoms in total. The lowest BCUT2D eigenvalue weighted by atomic mass is 10.2. The maximum Gasteiger partial charge on any atom is 0.269 e. The number of thioether (sulfide) groups is 1. The number of carbonyl (C=O) groups excluding carboxylic acids is 2. The minimum absolute atomic E-state index is 0.0852. The third kappa shape index (κ3) is 6.19. The summed E-state index contributed by atoms with van der Waals surface area (Å²) in [7, 11) is 0. The van der Waals surface area contributed by atoms with Gasteiger partial charge in [0.05, 0.1) is 10.2 Å². The lowest BCUT2D eigenvalue weighted by molar-refractivity contribution is -0.384. The lowest BCUT2D eigenvalue weighted by Gasteiger charge is -2.15. The Morgan fingerprint density at radius 1 is 0.925 bits per heavy atom. The molecule has 0 aliphatic carbocycles. The quantitative estimate of drug-likeness (QED) is 0.113. The van der Waals surface area contributed by atoms with Gasteiger partial charge < -0.3 is 15.1 Å². The molecule has 0 spiro atoms. The van der Waals surface area contributed by atoms with E-state index >= 15 is 0 Å². The number of amides is 2. The molecule has 0 aliphatic heterocycles. The number of rotatable bonds is 9. The highest BCUT2D eigenvalue weighted by molar-refractivity contribution is 8.00. The summed E-state index contributed by atoms with van der Waals surface area (Å²) in [5.74, 6) is -0.00725. The van der Waals surface area contributed by atoms with Crippen LogP contribution in [0.3, 0.4) is 0 Å². The molecular formula is C30H24N4O5S. The minimum Gasteiger partial charge on any atom is -0.436 e. The number of benzene rings is 4. The van der Waals surface area contributed by atoms with E-state index in [1.165, 1.54) is 36.0 Å². The van der Waals surface area contributed by atoms with Gasteiger partial charge in [0, 0.05) is 39.5 Å². The highest BCUT2D eigenvalue weighted by Gasteiger charge is 2.19. The first kappa shape index (κ1) is 26.6. The van der Waals surface area contributed by atoms with Gasteiger partial charge >= 0.3 is 0 Å². The highest BCUT2D eigenvalue weighted by atomic mass is 32.2. The van der Waals surface area contributed by atoms with Crippen molar-refractivity contribution in [2.75, 3.05) is 10.6 Å². The van der Waals surface area contributed by atoms with Crippen molar-refractivity contribution >= 4 is 51.7 Å². The Balaban J connectivity index is 1.21. The number of hydrogen-bond acceptors (Lipinski definition) is 7. The molecule has 1 aromatic heterocycles. The predicted octanol–water partition coefficient (Wildman–Crippen LogP) is 7.16. The van der Waals surface area contributed by atoms with E-state index in [2.05, 4.69) is 15.6 Å². The van der Waals surface area contributed by atoms with Gasteiger partial charge in [-0.3, -0.25) is 19.7 Å². The molecule has 0 radical (unpaired) electrons. The molecule has 0 saturated carbocycles. The van der Waals surface area contributed by atoms with Crippen molar-refractivity contribution in [2.24, 2.45) is 0 Å². The van der Waals surface area contributed by atoms with Gasteiger partial charge in [-0.05, 0) is 73.2 Å². The summed E-state index contributed by atoms with van der Waals surface area (Å²) in [6, 6.07) is 27.5. The summed E-state index contributed by atoms with van der Waals surface area (Å²) in [5, 5.41) is 16.2. The number of nitro benzene ring substituents is 1. The van der Waals surface area contributed by atoms with Crippen molar-refractivity contribution in [3.63, 3.8) is 0 Å². The van der Waals surface area contributed by atoms with E-state index in [0.717, 1.165) is 16.0 Å². The molecule has 40 heavy (non-hydrogen) atoms. The SMILES string of the molecule is CCC(Sc1cccc(NC(=O)c2ccc([N+](=O)[O-])cc2)c1)C(=O)Nc1ccc(-c2nc3ccccc3o2)cc1. The van der Waals surface area contributed by atoms with Crippen molar-refractivity contribution in [2.45, 2.75) is 23.5 Å². The number of nitro groups is 1. The number of non-ortho nitro benzene ring substituents is 1. The number of carbonyl (C=O) groups is 2. The zero-order valence-corrected chi connectivity index (χ0v) is 22.2. The second-order valence-corrected chi connectivity index (χ2v) is 10.1. The topological polar surface area (TPSA) is 127 Å². The van der Waals surface area contributed by atoms with E-state index in [1.54, 1.807) is 18.2 Å². The fraction of sp³-hybridized carbons (Fsp3) is 0.100. The smallest absolute Gasteiger partial charge is 0.269 e. The number of aromatic nitrogens is 1. The zero-order valence-electron chi connectivity index (χ0n) is 21.4. The summed E-state index contributed by atoms with van der Waals surface area (Å²) in [5.41, 5.74) is 3.74. The Hall–Kier alpha value is -4.96. The van der Waals surface area contributed by atoms with Crippen LogP contribution >= 0.6 is 11.8 Å². The van der Waals surface area contributed by atoms with Gasteiger partial charge in [0.1, 0.15) is 5.52 Å². The largest absolute Gasteiger partial charge is 0.436 e. The number of oxazole rings is 1. The fourth-order valence-corrected chi connectivity index (χ4v) is 5.00. The molecule has 1 unspecified atom stereocenters. The van der Waals surface area contributed by atoms with Crippen molar-refractivity contribution in [1.82, 2.24) is 4.98 Å². The number of hydrogen-bond donors (Lipinski definition) is 2. The monoisotopic (exact) mass is 552 g/mol. The summed E-state index contributed by atoms with van der Waals surface area (Å²) in [4.78, 5) is 41.3. The van der Waals surface area contributed by atoms with Crippen LogP contribution in [0, 0.1) is 10.1 Å². The molecule has 0 bridgehead atoms. The predicted molar refractivity (Wildman–Crippen MR) is 156 cm³/mol. The molecule has 1 heterocycles. The Labute approximate surface area is 233 Å². The molecule has 0 aliphatic rings. The molecule has 4 aromatic carbocycles. The molecule has 10 heteroatoms. The maximum absolute atomic E-state index is 13.1. The number of anilines is 2. The Kier molecular flexibility index (Phi) is 7.88. The Morgan fingerprint density at radius 3 is 2.38 bits per heavy atom. The van der Waals surface area contributed by atoms with Crippen LogP contribution in [0.25, 0.3) is 22.6 Å². The van der Waals surface area contributed by atoms with E-state index in [4.69, 9.17) is 4.42 Å². The van der Waals surface area contributed by atoms with Crippen LogP contribution in [0.15, 0.2) is 106 Å². The van der Waals surface area contributed by atoms with Crippen LogP contribution in [-0.2, 0) is 4.79 Å². The number of nitrogens with one attached hydrogen (secondary N) is 2. The van der Waals surface area contributed by atoms with E-state index in [0.29, 0.717) is 34.8 Å². The van der Waals surface area contributed by atoms with Crippen LogP contribution < -0.4 is 10.6 Å². The summed E-state index contributed by atoms with van der Waals surface area (Å²) in [6.45, 7) is 1.94. The van der Waals surface area contributed by atoms with E-state index in [-0.39, 0.29) is 22.8 Å². The molecule has 1 atom stereocenters.